The van der Waals surface area contributed by atoms with Crippen molar-refractivity contribution < 1.29 is 5.11 Å². The monoisotopic (exact) mass is 279 g/mol. The van der Waals surface area contributed by atoms with Crippen LogP contribution in [0.3, 0.4) is 0 Å². The van der Waals surface area contributed by atoms with Crippen LogP contribution in [0, 0.1) is 0 Å². The molecule has 2 heterocycles. The van der Waals surface area contributed by atoms with E-state index < -0.39 is 0 Å². The van der Waals surface area contributed by atoms with Crippen molar-refractivity contribution in [1.29, 1.82) is 0 Å². The number of aliphatic hydroxyl groups is 1. The van der Waals surface area contributed by atoms with Crippen LogP contribution in [0.1, 0.15) is 12.6 Å². The molecule has 0 amide bonds. The van der Waals surface area contributed by atoms with Gasteiger partial charge in [0.05, 0.1) is 23.3 Å². The number of hydrogen-bond acceptors (Lipinski definition) is 3. The molecule has 0 saturated carbocycles. The fourth-order valence-corrected chi connectivity index (χ4v) is 2.28. The van der Waals surface area contributed by atoms with E-state index in [9.17, 15) is 4.79 Å². The van der Waals surface area contributed by atoms with Crippen molar-refractivity contribution in [2.75, 3.05) is 0 Å². The quantitative estimate of drug-likeness (QED) is 0.775. The lowest BCUT2D eigenvalue weighted by molar-refractivity contribution is 0.277. The fraction of sp³-hybridized carbons (Fsp3) is 0.231. The highest BCUT2D eigenvalue weighted by atomic mass is 35.5. The Morgan fingerprint density at radius 2 is 1.95 bits per heavy atom. The van der Waals surface area contributed by atoms with Crippen molar-refractivity contribution in [3.63, 3.8) is 0 Å². The Kier molecular flexibility index (Phi) is 3.59. The summed E-state index contributed by atoms with van der Waals surface area (Å²) in [6.07, 6.45) is 1.71. The molecule has 0 saturated heterocycles. The van der Waals surface area contributed by atoms with Crippen LogP contribution in [-0.2, 0) is 13.2 Å². The SMILES string of the molecule is CCn1c(=O)c2nc(CO)cn2c2ccccc21.Cl. The molecule has 5 nitrogen and oxygen atoms in total. The van der Waals surface area contributed by atoms with Crippen molar-refractivity contribution in [3.05, 3.63) is 46.5 Å². The summed E-state index contributed by atoms with van der Waals surface area (Å²) >= 11 is 0. The highest BCUT2D eigenvalue weighted by Crippen LogP contribution is 2.14. The zero-order valence-electron chi connectivity index (χ0n) is 10.4. The van der Waals surface area contributed by atoms with Gasteiger partial charge in [0.1, 0.15) is 0 Å². The van der Waals surface area contributed by atoms with Crippen molar-refractivity contribution in [2.24, 2.45) is 0 Å². The molecule has 0 unspecified atom stereocenters. The lowest BCUT2D eigenvalue weighted by Crippen LogP contribution is -2.22. The first kappa shape index (κ1) is 13.6. The molecule has 0 atom stereocenters. The molecular formula is C13H14ClN3O2. The summed E-state index contributed by atoms with van der Waals surface area (Å²) in [7, 11) is 0. The number of halogens is 1. The lowest BCUT2D eigenvalue weighted by Gasteiger charge is -2.09. The van der Waals surface area contributed by atoms with Crippen LogP contribution in [0.2, 0.25) is 0 Å². The molecule has 0 bridgehead atoms. The van der Waals surface area contributed by atoms with E-state index in [1.54, 1.807) is 15.2 Å². The summed E-state index contributed by atoms with van der Waals surface area (Å²) in [5.74, 6) is 0. The van der Waals surface area contributed by atoms with Crippen LogP contribution in [0.5, 0.6) is 0 Å². The van der Waals surface area contributed by atoms with Gasteiger partial charge < -0.3 is 9.67 Å². The third-order valence-corrected chi connectivity index (χ3v) is 3.10. The molecule has 0 fully saturated rings. The highest BCUT2D eigenvalue weighted by Gasteiger charge is 2.11. The summed E-state index contributed by atoms with van der Waals surface area (Å²) in [6.45, 7) is 2.36. The normalized spacial score (nSPS) is 10.8. The van der Waals surface area contributed by atoms with Gasteiger partial charge in [-0.1, -0.05) is 12.1 Å². The van der Waals surface area contributed by atoms with Crippen LogP contribution in [0.4, 0.5) is 0 Å². The van der Waals surface area contributed by atoms with E-state index in [-0.39, 0.29) is 24.6 Å². The molecule has 0 radical (unpaired) electrons. The number of imidazole rings is 1. The van der Waals surface area contributed by atoms with Crippen molar-refractivity contribution in [1.82, 2.24) is 14.0 Å². The lowest BCUT2D eigenvalue weighted by atomic mass is 10.3. The first-order chi connectivity index (χ1) is 8.76. The van der Waals surface area contributed by atoms with Crippen LogP contribution < -0.4 is 5.56 Å². The van der Waals surface area contributed by atoms with E-state index in [1.165, 1.54) is 0 Å². The standard InChI is InChI=1S/C13H13N3O2.ClH/c1-2-15-10-5-3-4-6-11(10)16-7-9(8-17)14-12(16)13(15)18;/h3-7,17H,2,8H2,1H3;1H. The zero-order chi connectivity index (χ0) is 12.7. The summed E-state index contributed by atoms with van der Waals surface area (Å²) < 4.78 is 3.44. The zero-order valence-corrected chi connectivity index (χ0v) is 11.2. The van der Waals surface area contributed by atoms with Crippen molar-refractivity contribution in [2.45, 2.75) is 20.1 Å². The molecule has 2 aromatic heterocycles. The molecule has 0 spiro atoms. The number of para-hydroxylation sites is 2. The average molecular weight is 280 g/mol. The Bertz CT molecular complexity index is 792. The number of aliphatic hydroxyl groups excluding tert-OH is 1. The number of rotatable bonds is 2. The van der Waals surface area contributed by atoms with Gasteiger partial charge in [0.15, 0.2) is 0 Å². The predicted molar refractivity (Wildman–Crippen MR) is 75.8 cm³/mol. The molecule has 3 aromatic rings. The minimum atomic E-state index is -0.165. The molecule has 0 aliphatic heterocycles. The van der Waals surface area contributed by atoms with E-state index in [1.807, 2.05) is 31.2 Å². The Balaban J connectivity index is 0.00000133. The number of benzene rings is 1. The summed E-state index contributed by atoms with van der Waals surface area (Å²) in [6, 6.07) is 7.68. The molecule has 0 aliphatic rings. The van der Waals surface area contributed by atoms with Gasteiger partial charge in [0.2, 0.25) is 5.65 Å². The van der Waals surface area contributed by atoms with E-state index in [4.69, 9.17) is 5.11 Å². The summed E-state index contributed by atoms with van der Waals surface area (Å²) in [5.41, 5.74) is 2.53. The van der Waals surface area contributed by atoms with Crippen LogP contribution in [0.15, 0.2) is 35.3 Å². The predicted octanol–water partition coefficient (Wildman–Crippen LogP) is 1.58. The van der Waals surface area contributed by atoms with E-state index in [0.717, 1.165) is 11.0 Å². The van der Waals surface area contributed by atoms with Crippen molar-refractivity contribution >= 4 is 29.1 Å². The second kappa shape index (κ2) is 5.03. The van der Waals surface area contributed by atoms with Gasteiger partial charge in [0.25, 0.3) is 5.56 Å². The third-order valence-electron chi connectivity index (χ3n) is 3.10. The molecule has 6 heteroatoms. The summed E-state index contributed by atoms with van der Waals surface area (Å²) in [5, 5.41) is 9.14. The Labute approximate surface area is 115 Å². The van der Waals surface area contributed by atoms with Gasteiger partial charge in [-0.3, -0.25) is 9.20 Å². The maximum atomic E-state index is 12.3. The molecule has 1 N–H and O–H groups in total. The maximum Gasteiger partial charge on any atom is 0.294 e. The van der Waals surface area contributed by atoms with E-state index >= 15 is 0 Å². The molecule has 0 aliphatic carbocycles. The van der Waals surface area contributed by atoms with Crippen LogP contribution >= 0.6 is 12.4 Å². The Morgan fingerprint density at radius 1 is 1.26 bits per heavy atom. The van der Waals surface area contributed by atoms with Gasteiger partial charge >= 0.3 is 0 Å². The van der Waals surface area contributed by atoms with Gasteiger partial charge in [-0.25, -0.2) is 4.98 Å². The smallest absolute Gasteiger partial charge is 0.294 e. The molecular weight excluding hydrogens is 266 g/mol. The summed E-state index contributed by atoms with van der Waals surface area (Å²) in [4.78, 5) is 16.5. The topological polar surface area (TPSA) is 59.5 Å². The molecule has 100 valence electrons. The van der Waals surface area contributed by atoms with Gasteiger partial charge in [-0.2, -0.15) is 0 Å². The number of hydrogen-bond donors (Lipinski definition) is 1. The fourth-order valence-electron chi connectivity index (χ4n) is 2.28. The Hall–Kier alpha value is -1.85. The highest BCUT2D eigenvalue weighted by molar-refractivity contribution is 5.85. The van der Waals surface area contributed by atoms with Crippen molar-refractivity contribution in [3.8, 4) is 0 Å². The largest absolute Gasteiger partial charge is 0.390 e. The number of fused-ring (bicyclic) bond motifs is 3. The average Bonchev–Trinajstić information content (AvgIpc) is 2.84. The Morgan fingerprint density at radius 3 is 2.58 bits per heavy atom. The van der Waals surface area contributed by atoms with E-state index in [2.05, 4.69) is 4.98 Å². The first-order valence-corrected chi connectivity index (χ1v) is 5.86. The van der Waals surface area contributed by atoms with Gasteiger partial charge in [-0.15, -0.1) is 12.4 Å². The third kappa shape index (κ3) is 1.91. The minimum Gasteiger partial charge on any atom is -0.390 e. The molecule has 1 aromatic carbocycles. The van der Waals surface area contributed by atoms with Gasteiger partial charge in [-0.05, 0) is 19.1 Å². The van der Waals surface area contributed by atoms with Crippen LogP contribution in [-0.4, -0.2) is 19.1 Å². The number of nitrogens with zero attached hydrogens (tertiary/aromatic N) is 3. The second-order valence-electron chi connectivity index (χ2n) is 4.12. The van der Waals surface area contributed by atoms with E-state index in [0.29, 0.717) is 17.9 Å². The molecule has 19 heavy (non-hydrogen) atoms. The second-order valence-corrected chi connectivity index (χ2v) is 4.12. The van der Waals surface area contributed by atoms with Crippen LogP contribution in [0.25, 0.3) is 16.7 Å². The first-order valence-electron chi connectivity index (χ1n) is 5.86. The number of aromatic nitrogens is 3. The molecule has 3 rings (SSSR count). The minimum absolute atomic E-state index is 0. The maximum absolute atomic E-state index is 12.3. The van der Waals surface area contributed by atoms with Gasteiger partial charge in [0, 0.05) is 12.7 Å². The number of aryl methyl sites for hydroxylation is 1.